The fourth-order valence-corrected chi connectivity index (χ4v) is 4.39. The SMILES string of the molecule is CNC(=O)NC[C@H]1CCN(S(=O)(=O)c2cccnc2)C[C@H]1N(C)C. The second-order valence-corrected chi connectivity index (χ2v) is 8.03. The van der Waals surface area contributed by atoms with Gasteiger partial charge < -0.3 is 15.5 Å². The molecule has 0 radical (unpaired) electrons. The van der Waals surface area contributed by atoms with Gasteiger partial charge in [0, 0.05) is 45.1 Å². The third-order valence-corrected chi connectivity index (χ3v) is 6.22. The number of piperidine rings is 1. The zero-order chi connectivity index (χ0) is 17.7. The number of hydrogen-bond donors (Lipinski definition) is 2. The van der Waals surface area contributed by atoms with Gasteiger partial charge in [-0.2, -0.15) is 4.31 Å². The smallest absolute Gasteiger partial charge is 0.314 e. The summed E-state index contributed by atoms with van der Waals surface area (Å²) in [6.45, 7) is 1.34. The van der Waals surface area contributed by atoms with Gasteiger partial charge in [0.15, 0.2) is 0 Å². The van der Waals surface area contributed by atoms with Gasteiger partial charge in [0.1, 0.15) is 4.90 Å². The minimum Gasteiger partial charge on any atom is -0.341 e. The molecular formula is C15H25N5O3S. The van der Waals surface area contributed by atoms with Gasteiger partial charge in [-0.05, 0) is 38.6 Å². The van der Waals surface area contributed by atoms with Crippen molar-refractivity contribution in [2.75, 3.05) is 40.8 Å². The molecule has 8 nitrogen and oxygen atoms in total. The van der Waals surface area contributed by atoms with Crippen molar-refractivity contribution in [1.82, 2.24) is 24.8 Å². The highest BCUT2D eigenvalue weighted by Gasteiger charge is 2.36. The maximum atomic E-state index is 12.8. The van der Waals surface area contributed by atoms with E-state index in [1.165, 1.54) is 10.5 Å². The first-order chi connectivity index (χ1) is 11.4. The largest absolute Gasteiger partial charge is 0.341 e. The van der Waals surface area contributed by atoms with E-state index in [1.807, 2.05) is 19.0 Å². The summed E-state index contributed by atoms with van der Waals surface area (Å²) in [5.74, 6) is 0.192. The van der Waals surface area contributed by atoms with Gasteiger partial charge in [-0.3, -0.25) is 4.98 Å². The molecule has 2 rings (SSSR count). The van der Waals surface area contributed by atoms with Crippen LogP contribution in [0.25, 0.3) is 0 Å². The van der Waals surface area contributed by atoms with E-state index in [-0.39, 0.29) is 22.9 Å². The Morgan fingerprint density at radius 3 is 2.79 bits per heavy atom. The number of carbonyl (C=O) groups excluding carboxylic acids is 1. The molecule has 2 amide bonds. The molecule has 1 fully saturated rings. The Labute approximate surface area is 143 Å². The van der Waals surface area contributed by atoms with Crippen LogP contribution in [-0.4, -0.2) is 75.5 Å². The molecule has 2 heterocycles. The number of nitrogens with zero attached hydrogens (tertiary/aromatic N) is 3. The maximum absolute atomic E-state index is 12.8. The fourth-order valence-electron chi connectivity index (χ4n) is 2.95. The molecule has 0 unspecified atom stereocenters. The lowest BCUT2D eigenvalue weighted by molar-refractivity contribution is 0.125. The standard InChI is InChI=1S/C15H25N5O3S/c1-16-15(21)18-9-12-6-8-20(11-14(12)19(2)3)24(22,23)13-5-4-7-17-10-13/h4-5,7,10,12,14H,6,8-9,11H2,1-3H3,(H2,16,18,21)/t12-,14-/m1/s1. The Morgan fingerprint density at radius 1 is 1.46 bits per heavy atom. The molecular weight excluding hydrogens is 330 g/mol. The highest BCUT2D eigenvalue weighted by Crippen LogP contribution is 2.25. The summed E-state index contributed by atoms with van der Waals surface area (Å²) in [7, 11) is 1.88. The first-order valence-corrected chi connectivity index (χ1v) is 9.32. The quantitative estimate of drug-likeness (QED) is 0.772. The number of carbonyl (C=O) groups is 1. The van der Waals surface area contributed by atoms with Crippen LogP contribution in [0.3, 0.4) is 0 Å². The minimum absolute atomic E-state index is 0.0300. The lowest BCUT2D eigenvalue weighted by atomic mass is 9.92. The van der Waals surface area contributed by atoms with Crippen molar-refractivity contribution in [2.45, 2.75) is 17.4 Å². The van der Waals surface area contributed by atoms with E-state index in [9.17, 15) is 13.2 Å². The van der Waals surface area contributed by atoms with Crippen LogP contribution >= 0.6 is 0 Å². The summed E-state index contributed by atoms with van der Waals surface area (Å²) in [4.78, 5) is 17.5. The molecule has 1 aromatic rings. The van der Waals surface area contributed by atoms with Crippen LogP contribution in [0, 0.1) is 5.92 Å². The van der Waals surface area contributed by atoms with E-state index in [2.05, 4.69) is 15.6 Å². The zero-order valence-electron chi connectivity index (χ0n) is 14.3. The Hall–Kier alpha value is -1.71. The molecule has 134 valence electrons. The summed E-state index contributed by atoms with van der Waals surface area (Å²) in [5, 5.41) is 5.34. The van der Waals surface area contributed by atoms with Crippen molar-refractivity contribution in [1.29, 1.82) is 0 Å². The van der Waals surface area contributed by atoms with Crippen LogP contribution < -0.4 is 10.6 Å². The average molecular weight is 355 g/mol. The second-order valence-electron chi connectivity index (χ2n) is 6.09. The molecule has 24 heavy (non-hydrogen) atoms. The zero-order valence-corrected chi connectivity index (χ0v) is 15.1. The Morgan fingerprint density at radius 2 is 2.21 bits per heavy atom. The summed E-state index contributed by atoms with van der Waals surface area (Å²) in [5.41, 5.74) is 0. The van der Waals surface area contributed by atoms with Gasteiger partial charge in [0.2, 0.25) is 10.0 Å². The van der Waals surface area contributed by atoms with Gasteiger partial charge in [-0.25, -0.2) is 13.2 Å². The number of likely N-dealkylation sites (N-methyl/N-ethyl adjacent to an activating group) is 1. The highest BCUT2D eigenvalue weighted by molar-refractivity contribution is 7.89. The Balaban J connectivity index is 2.11. The van der Waals surface area contributed by atoms with Gasteiger partial charge >= 0.3 is 6.03 Å². The molecule has 0 spiro atoms. The summed E-state index contributed by atoms with van der Waals surface area (Å²) in [6, 6.07) is 2.99. The molecule has 1 aliphatic rings. The van der Waals surface area contributed by atoms with E-state index in [0.29, 0.717) is 26.1 Å². The van der Waals surface area contributed by atoms with Crippen LogP contribution in [0.4, 0.5) is 4.79 Å². The highest BCUT2D eigenvalue weighted by atomic mass is 32.2. The van der Waals surface area contributed by atoms with Crippen molar-refractivity contribution in [2.24, 2.45) is 5.92 Å². The summed E-state index contributed by atoms with van der Waals surface area (Å²) >= 11 is 0. The van der Waals surface area contributed by atoms with Crippen LogP contribution in [0.15, 0.2) is 29.4 Å². The lowest BCUT2D eigenvalue weighted by Crippen LogP contribution is -2.54. The molecule has 2 N–H and O–H groups in total. The number of pyridine rings is 1. The van der Waals surface area contributed by atoms with E-state index in [1.54, 1.807) is 25.4 Å². The molecule has 0 saturated carbocycles. The molecule has 1 saturated heterocycles. The number of nitrogens with one attached hydrogen (secondary N) is 2. The van der Waals surface area contributed by atoms with E-state index in [0.717, 1.165) is 0 Å². The van der Waals surface area contributed by atoms with E-state index in [4.69, 9.17) is 0 Å². The number of aromatic nitrogens is 1. The summed E-state index contributed by atoms with van der Waals surface area (Å²) < 4.78 is 27.0. The average Bonchev–Trinajstić information content (AvgIpc) is 2.60. The van der Waals surface area contributed by atoms with Gasteiger partial charge in [-0.15, -0.1) is 0 Å². The molecule has 1 aromatic heterocycles. The molecule has 0 aliphatic carbocycles. The van der Waals surface area contributed by atoms with Crippen LogP contribution in [-0.2, 0) is 10.0 Å². The van der Waals surface area contributed by atoms with Crippen molar-refractivity contribution in [3.8, 4) is 0 Å². The number of hydrogen-bond acceptors (Lipinski definition) is 5. The second kappa shape index (κ2) is 7.91. The predicted octanol–water partition coefficient (Wildman–Crippen LogP) is -0.0486. The van der Waals surface area contributed by atoms with Crippen molar-refractivity contribution in [3.63, 3.8) is 0 Å². The molecule has 2 atom stereocenters. The van der Waals surface area contributed by atoms with Crippen LogP contribution in [0.5, 0.6) is 0 Å². The van der Waals surface area contributed by atoms with Crippen LogP contribution in [0.2, 0.25) is 0 Å². The monoisotopic (exact) mass is 355 g/mol. The predicted molar refractivity (Wildman–Crippen MR) is 91.0 cm³/mol. The van der Waals surface area contributed by atoms with Gasteiger partial charge in [0.05, 0.1) is 0 Å². The lowest BCUT2D eigenvalue weighted by Gasteiger charge is -2.41. The first-order valence-electron chi connectivity index (χ1n) is 7.88. The number of urea groups is 1. The molecule has 0 bridgehead atoms. The Bertz CT molecular complexity index is 650. The van der Waals surface area contributed by atoms with Crippen molar-refractivity contribution < 1.29 is 13.2 Å². The normalized spacial score (nSPS) is 22.3. The molecule has 0 aromatic carbocycles. The summed E-state index contributed by atoms with van der Waals surface area (Å²) in [6.07, 6.45) is 3.61. The Kier molecular flexibility index (Phi) is 6.14. The topological polar surface area (TPSA) is 94.6 Å². The van der Waals surface area contributed by atoms with Crippen molar-refractivity contribution in [3.05, 3.63) is 24.5 Å². The van der Waals surface area contributed by atoms with E-state index < -0.39 is 10.0 Å². The third kappa shape index (κ3) is 4.22. The number of rotatable bonds is 5. The van der Waals surface area contributed by atoms with E-state index >= 15 is 0 Å². The van der Waals surface area contributed by atoms with Gasteiger partial charge in [-0.1, -0.05) is 0 Å². The fraction of sp³-hybridized carbons (Fsp3) is 0.600. The minimum atomic E-state index is -3.54. The molecule has 1 aliphatic heterocycles. The first kappa shape index (κ1) is 18.6. The molecule has 9 heteroatoms. The third-order valence-electron chi connectivity index (χ3n) is 4.37. The van der Waals surface area contributed by atoms with Gasteiger partial charge in [0.25, 0.3) is 0 Å². The number of sulfonamides is 1. The number of amides is 2. The maximum Gasteiger partial charge on any atom is 0.314 e. The van der Waals surface area contributed by atoms with Crippen LogP contribution in [0.1, 0.15) is 6.42 Å². The van der Waals surface area contributed by atoms with Crippen molar-refractivity contribution >= 4 is 16.1 Å².